The van der Waals surface area contributed by atoms with Gasteiger partial charge in [-0.15, -0.1) is 0 Å². The molecule has 0 aliphatic carbocycles. The number of hydrogen-bond donors (Lipinski definition) is 1. The normalized spacial score (nSPS) is 8.40. The minimum absolute atomic E-state index is 0. The van der Waals surface area contributed by atoms with E-state index in [0.717, 1.165) is 5.82 Å². The van der Waals surface area contributed by atoms with Crippen LogP contribution in [0.15, 0.2) is 18.3 Å². The highest BCUT2D eigenvalue weighted by Crippen LogP contribution is 2.11. The Hall–Kier alpha value is -1.56. The first kappa shape index (κ1) is 6.56. The molecule has 0 aromatic carbocycles. The van der Waals surface area contributed by atoms with Crippen molar-refractivity contribution < 1.29 is 1.43 Å². The van der Waals surface area contributed by atoms with Crippen LogP contribution in [0.5, 0.6) is 0 Å². The van der Waals surface area contributed by atoms with Crippen LogP contribution in [0.4, 0.5) is 11.5 Å². The third kappa shape index (κ3) is 1.23. The molecule has 3 nitrogen and oxygen atoms in total. The number of pyridine rings is 1. The third-order valence-corrected chi connectivity index (χ3v) is 1.13. The molecule has 0 aliphatic rings. The molecular formula is C7H9N3. The number of hydrogen-bond acceptors (Lipinski definition) is 2. The fraction of sp³-hybridized carbons (Fsp3) is 0.143. The number of rotatable bonds is 1. The van der Waals surface area contributed by atoms with Crippen LogP contribution >= 0.6 is 0 Å². The van der Waals surface area contributed by atoms with Crippen LogP contribution in [0, 0.1) is 6.57 Å². The molecule has 52 valence electrons. The summed E-state index contributed by atoms with van der Waals surface area (Å²) >= 11 is 0. The lowest BCUT2D eigenvalue weighted by molar-refractivity contribution is 1.29. The van der Waals surface area contributed by atoms with Crippen LogP contribution < -0.4 is 5.32 Å². The molecule has 0 atom stereocenters. The zero-order valence-corrected chi connectivity index (χ0v) is 5.63. The molecule has 0 amide bonds. The number of nitrogens with zero attached hydrogens (tertiary/aromatic N) is 2. The molecule has 0 bridgehead atoms. The van der Waals surface area contributed by atoms with E-state index in [9.17, 15) is 0 Å². The van der Waals surface area contributed by atoms with Crippen molar-refractivity contribution in [3.63, 3.8) is 0 Å². The van der Waals surface area contributed by atoms with Crippen molar-refractivity contribution in [3.05, 3.63) is 29.7 Å². The zero-order valence-electron chi connectivity index (χ0n) is 5.63. The molecule has 1 N–H and O–H groups in total. The average molecular weight is 135 g/mol. The smallest absolute Gasteiger partial charge is 0.205 e. The third-order valence-electron chi connectivity index (χ3n) is 1.13. The predicted molar refractivity (Wildman–Crippen MR) is 42.2 cm³/mol. The molecule has 1 aromatic rings. The van der Waals surface area contributed by atoms with Crippen molar-refractivity contribution in [2.75, 3.05) is 12.4 Å². The SMILES string of the molecule is [C-]#[N+]c1ccc(NC)nc1.[HH]. The number of aromatic nitrogens is 1. The van der Waals surface area contributed by atoms with E-state index in [1.54, 1.807) is 25.4 Å². The van der Waals surface area contributed by atoms with Crippen molar-refractivity contribution in [1.82, 2.24) is 4.98 Å². The Balaban J connectivity index is 0.000001000. The Morgan fingerprint density at radius 3 is 2.90 bits per heavy atom. The maximum absolute atomic E-state index is 6.64. The fourth-order valence-corrected chi connectivity index (χ4v) is 0.600. The van der Waals surface area contributed by atoms with Gasteiger partial charge in [0.15, 0.2) is 0 Å². The van der Waals surface area contributed by atoms with Gasteiger partial charge in [0.05, 0.1) is 6.57 Å². The van der Waals surface area contributed by atoms with Crippen LogP contribution in [-0.4, -0.2) is 12.0 Å². The van der Waals surface area contributed by atoms with Gasteiger partial charge in [-0.25, -0.2) is 4.85 Å². The first-order chi connectivity index (χ1) is 4.86. The summed E-state index contributed by atoms with van der Waals surface area (Å²) in [5.74, 6) is 0.785. The van der Waals surface area contributed by atoms with Gasteiger partial charge in [0.2, 0.25) is 5.69 Å². The molecule has 0 saturated carbocycles. The summed E-state index contributed by atoms with van der Waals surface area (Å²) in [5, 5.41) is 2.86. The van der Waals surface area contributed by atoms with Crippen molar-refractivity contribution in [2.24, 2.45) is 0 Å². The minimum Gasteiger partial charge on any atom is -0.373 e. The van der Waals surface area contributed by atoms with E-state index < -0.39 is 0 Å². The van der Waals surface area contributed by atoms with Crippen LogP contribution in [0.1, 0.15) is 1.43 Å². The second kappa shape index (κ2) is 2.83. The van der Waals surface area contributed by atoms with E-state index in [0.29, 0.717) is 5.69 Å². The van der Waals surface area contributed by atoms with Crippen LogP contribution in [0.3, 0.4) is 0 Å². The van der Waals surface area contributed by atoms with Gasteiger partial charge in [-0.05, 0) is 6.07 Å². The predicted octanol–water partition coefficient (Wildman–Crippen LogP) is 1.92. The summed E-state index contributed by atoms with van der Waals surface area (Å²) in [4.78, 5) is 7.15. The van der Waals surface area contributed by atoms with Crippen molar-refractivity contribution in [3.8, 4) is 0 Å². The molecule has 10 heavy (non-hydrogen) atoms. The Morgan fingerprint density at radius 1 is 1.70 bits per heavy atom. The van der Waals surface area contributed by atoms with Gasteiger partial charge in [-0.3, -0.25) is 4.98 Å². The maximum Gasteiger partial charge on any atom is 0.205 e. The molecule has 1 heterocycles. The lowest BCUT2D eigenvalue weighted by Crippen LogP contribution is -1.89. The summed E-state index contributed by atoms with van der Waals surface area (Å²) in [6, 6.07) is 3.50. The van der Waals surface area contributed by atoms with E-state index in [4.69, 9.17) is 6.57 Å². The van der Waals surface area contributed by atoms with Crippen molar-refractivity contribution in [2.45, 2.75) is 0 Å². The van der Waals surface area contributed by atoms with E-state index in [-0.39, 0.29) is 1.43 Å². The molecule has 0 unspecified atom stereocenters. The first-order valence-corrected chi connectivity index (χ1v) is 2.88. The second-order valence-electron chi connectivity index (χ2n) is 1.76. The van der Waals surface area contributed by atoms with Crippen molar-refractivity contribution in [1.29, 1.82) is 0 Å². The highest BCUT2D eigenvalue weighted by molar-refractivity contribution is 5.47. The summed E-state index contributed by atoms with van der Waals surface area (Å²) in [5.41, 5.74) is 0.569. The lowest BCUT2D eigenvalue weighted by Gasteiger charge is -1.95. The molecule has 0 aliphatic heterocycles. The fourth-order valence-electron chi connectivity index (χ4n) is 0.600. The largest absolute Gasteiger partial charge is 0.373 e. The highest BCUT2D eigenvalue weighted by atomic mass is 15.0. The zero-order chi connectivity index (χ0) is 7.40. The average Bonchev–Trinajstić information content (AvgIpc) is 2.05. The van der Waals surface area contributed by atoms with Crippen LogP contribution in [0.25, 0.3) is 4.85 Å². The Morgan fingerprint density at radius 2 is 2.50 bits per heavy atom. The monoisotopic (exact) mass is 135 g/mol. The number of nitrogens with one attached hydrogen (secondary N) is 1. The molecule has 1 aromatic heterocycles. The molecule has 1 rings (SSSR count). The van der Waals surface area contributed by atoms with Gasteiger partial charge in [0.1, 0.15) is 5.82 Å². The van der Waals surface area contributed by atoms with Gasteiger partial charge < -0.3 is 5.32 Å². The topological polar surface area (TPSA) is 29.3 Å². The molecule has 0 spiro atoms. The van der Waals surface area contributed by atoms with E-state index in [1.807, 2.05) is 0 Å². The van der Waals surface area contributed by atoms with Crippen LogP contribution in [-0.2, 0) is 0 Å². The van der Waals surface area contributed by atoms with E-state index in [1.165, 1.54) is 0 Å². The summed E-state index contributed by atoms with van der Waals surface area (Å²) in [6.45, 7) is 6.64. The van der Waals surface area contributed by atoms with Gasteiger partial charge in [0, 0.05) is 14.7 Å². The van der Waals surface area contributed by atoms with Gasteiger partial charge in [-0.2, -0.15) is 0 Å². The van der Waals surface area contributed by atoms with Gasteiger partial charge >= 0.3 is 0 Å². The molecule has 0 fully saturated rings. The Kier molecular flexibility index (Phi) is 1.86. The summed E-state index contributed by atoms with van der Waals surface area (Å²) < 4.78 is 0. The lowest BCUT2D eigenvalue weighted by atomic mass is 10.4. The van der Waals surface area contributed by atoms with E-state index in [2.05, 4.69) is 15.1 Å². The van der Waals surface area contributed by atoms with Crippen molar-refractivity contribution >= 4 is 11.5 Å². The Labute approximate surface area is 61.0 Å². The Bertz CT molecular complexity index is 249. The maximum atomic E-state index is 6.64. The van der Waals surface area contributed by atoms with Gasteiger partial charge in [0.25, 0.3) is 0 Å². The highest BCUT2D eigenvalue weighted by Gasteiger charge is 1.89. The molecule has 3 heteroatoms. The standard InChI is InChI=1S/C7H7N3.H2/c1-8-6-3-4-7(9-2)10-5-6;/h3-5H,2H3,(H,9,10);1H. The minimum atomic E-state index is 0. The molecule has 0 saturated heterocycles. The second-order valence-corrected chi connectivity index (χ2v) is 1.76. The summed E-state index contributed by atoms with van der Waals surface area (Å²) in [7, 11) is 1.79. The first-order valence-electron chi connectivity index (χ1n) is 2.88. The quantitative estimate of drug-likeness (QED) is 0.596. The molecular weight excluding hydrogens is 126 g/mol. The van der Waals surface area contributed by atoms with Crippen LogP contribution in [0.2, 0.25) is 0 Å². The summed E-state index contributed by atoms with van der Waals surface area (Å²) in [6.07, 6.45) is 1.54. The van der Waals surface area contributed by atoms with E-state index >= 15 is 0 Å². The van der Waals surface area contributed by atoms with Gasteiger partial charge in [-0.1, -0.05) is 6.07 Å². The number of anilines is 1. The molecule has 0 radical (unpaired) electrons.